The Hall–Kier alpha value is 0.941. The molecule has 230 valence electrons. The van der Waals surface area contributed by atoms with Crippen molar-refractivity contribution < 1.29 is 38.9 Å². The standard InChI is InChI=1S/C23H60O9Si6/c1-14-24-37(25-15-2,26-16-3)22-20-34(9,10)31-36(13,30-33(7)8)32-35(11,12)21-23-38(27-17-4,28-18-5)29-19-6/h33H,14-23H2,1-13H3. The van der Waals surface area contributed by atoms with Crippen LogP contribution < -0.4 is 0 Å². The quantitative estimate of drug-likeness (QED) is 0.115. The second-order valence-electron chi connectivity index (χ2n) is 10.7. The van der Waals surface area contributed by atoms with E-state index in [2.05, 4.69) is 45.8 Å². The first-order valence-corrected chi connectivity index (χ1v) is 29.6. The molecule has 0 aliphatic rings. The van der Waals surface area contributed by atoms with Gasteiger partial charge in [-0.3, -0.25) is 0 Å². The highest BCUT2D eigenvalue weighted by molar-refractivity contribution is 6.88. The lowest BCUT2D eigenvalue weighted by Crippen LogP contribution is -2.58. The third kappa shape index (κ3) is 15.2. The first-order valence-electron chi connectivity index (χ1n) is 14.5. The highest BCUT2D eigenvalue weighted by atomic mass is 28.5. The molecule has 0 aromatic heterocycles. The lowest BCUT2D eigenvalue weighted by molar-refractivity contribution is 0.0716. The second-order valence-corrected chi connectivity index (χ2v) is 30.6. The monoisotopic (exact) mass is 648 g/mol. The fourth-order valence-corrected chi connectivity index (χ4v) is 29.8. The predicted octanol–water partition coefficient (Wildman–Crippen LogP) is 6.10. The molecule has 0 unspecified atom stereocenters. The first-order chi connectivity index (χ1) is 17.6. The first kappa shape index (κ1) is 38.9. The summed E-state index contributed by atoms with van der Waals surface area (Å²) in [5, 5.41) is 0. The van der Waals surface area contributed by atoms with E-state index < -0.39 is 52.1 Å². The molecule has 9 nitrogen and oxygen atoms in total. The Morgan fingerprint density at radius 3 is 0.921 bits per heavy atom. The average Bonchev–Trinajstić information content (AvgIpc) is 2.76. The SMILES string of the molecule is CCO[Si](CC[Si](C)(C)O[Si](C)(O[SiH](C)C)O[Si](C)(C)CC[Si](OCC)(OCC)OCC)(OCC)OCC. The summed E-state index contributed by atoms with van der Waals surface area (Å²) in [5.41, 5.74) is 0. The summed E-state index contributed by atoms with van der Waals surface area (Å²) in [5.74, 6) is 0. The lowest BCUT2D eigenvalue weighted by atomic mass is 10.9. The van der Waals surface area contributed by atoms with Crippen LogP contribution in [0.1, 0.15) is 41.5 Å². The van der Waals surface area contributed by atoms with Gasteiger partial charge >= 0.3 is 26.4 Å². The van der Waals surface area contributed by atoms with E-state index in [9.17, 15) is 0 Å². The fourth-order valence-electron chi connectivity index (χ4n) is 4.51. The Balaban J connectivity index is 5.71. The van der Waals surface area contributed by atoms with Crippen LogP contribution >= 0.6 is 0 Å². The highest BCUT2D eigenvalue weighted by Gasteiger charge is 2.50. The average molecular weight is 649 g/mol. The topological polar surface area (TPSA) is 83.1 Å². The molecule has 0 saturated heterocycles. The minimum atomic E-state index is -2.92. The minimum Gasteiger partial charge on any atom is -0.420 e. The summed E-state index contributed by atoms with van der Waals surface area (Å²) in [6, 6.07) is 3.17. The molecular formula is C23H60O9Si6. The Kier molecular flexibility index (Phi) is 18.9. The van der Waals surface area contributed by atoms with Gasteiger partial charge in [0.25, 0.3) is 0 Å². The molecule has 0 spiro atoms. The van der Waals surface area contributed by atoms with Crippen LogP contribution in [0.15, 0.2) is 0 Å². The maximum absolute atomic E-state index is 6.95. The third-order valence-corrected chi connectivity index (χ3v) is 26.6. The molecule has 0 aliphatic carbocycles. The molecule has 0 atom stereocenters. The fraction of sp³-hybridized carbons (Fsp3) is 1.00. The van der Waals surface area contributed by atoms with Crippen molar-refractivity contribution in [3.05, 3.63) is 0 Å². The van der Waals surface area contributed by atoms with Crippen LogP contribution in [0.2, 0.25) is 70.0 Å². The summed E-state index contributed by atoms with van der Waals surface area (Å²) in [4.78, 5) is 0. The van der Waals surface area contributed by atoms with Crippen molar-refractivity contribution in [2.45, 2.75) is 112 Å². The van der Waals surface area contributed by atoms with E-state index in [-0.39, 0.29) is 0 Å². The highest BCUT2D eigenvalue weighted by Crippen LogP contribution is 2.32. The van der Waals surface area contributed by atoms with E-state index in [1.54, 1.807) is 0 Å². The van der Waals surface area contributed by atoms with E-state index in [0.29, 0.717) is 39.6 Å². The van der Waals surface area contributed by atoms with Crippen molar-refractivity contribution in [1.29, 1.82) is 0 Å². The summed E-state index contributed by atoms with van der Waals surface area (Å²) >= 11 is 0. The van der Waals surface area contributed by atoms with Gasteiger partial charge in [0.05, 0.1) is 0 Å². The summed E-state index contributed by atoms with van der Waals surface area (Å²) in [6.45, 7) is 30.8. The van der Waals surface area contributed by atoms with Gasteiger partial charge in [-0.1, -0.05) is 0 Å². The molecule has 0 aliphatic heterocycles. The van der Waals surface area contributed by atoms with E-state index in [1.807, 2.05) is 41.5 Å². The molecular weight excluding hydrogens is 589 g/mol. The van der Waals surface area contributed by atoms with Gasteiger partial charge in [-0.05, 0) is 92.9 Å². The maximum Gasteiger partial charge on any atom is 0.500 e. The van der Waals surface area contributed by atoms with Crippen molar-refractivity contribution in [2.24, 2.45) is 0 Å². The van der Waals surface area contributed by atoms with E-state index in [4.69, 9.17) is 38.9 Å². The van der Waals surface area contributed by atoms with Crippen molar-refractivity contribution in [3.8, 4) is 0 Å². The molecule has 0 bridgehead atoms. The van der Waals surface area contributed by atoms with Crippen LogP contribution in [0.3, 0.4) is 0 Å². The smallest absolute Gasteiger partial charge is 0.420 e. The largest absolute Gasteiger partial charge is 0.500 e. The second kappa shape index (κ2) is 18.5. The number of rotatable bonds is 24. The summed E-state index contributed by atoms with van der Waals surface area (Å²) in [7, 11) is -14.3. The van der Waals surface area contributed by atoms with E-state index in [0.717, 1.165) is 24.2 Å². The Bertz CT molecular complexity index is 550. The minimum absolute atomic E-state index is 0.572. The van der Waals surface area contributed by atoms with Gasteiger partial charge in [-0.25, -0.2) is 0 Å². The molecule has 0 aromatic carbocycles. The van der Waals surface area contributed by atoms with Crippen LogP contribution in [0.4, 0.5) is 0 Å². The van der Waals surface area contributed by atoms with Gasteiger partial charge in [-0.15, -0.1) is 0 Å². The van der Waals surface area contributed by atoms with Crippen molar-refractivity contribution in [1.82, 2.24) is 0 Å². The van der Waals surface area contributed by atoms with Crippen LogP contribution in [-0.4, -0.2) is 91.7 Å². The molecule has 0 aromatic rings. The molecule has 38 heavy (non-hydrogen) atoms. The van der Waals surface area contributed by atoms with Crippen LogP contribution in [0.5, 0.6) is 0 Å². The zero-order valence-corrected chi connectivity index (χ0v) is 33.0. The molecule has 0 rings (SSSR count). The lowest BCUT2D eigenvalue weighted by Gasteiger charge is -2.41. The molecule has 0 radical (unpaired) electrons. The predicted molar refractivity (Wildman–Crippen MR) is 169 cm³/mol. The van der Waals surface area contributed by atoms with Gasteiger partial charge in [0, 0.05) is 58.3 Å². The van der Waals surface area contributed by atoms with Gasteiger partial charge in [0.2, 0.25) is 0 Å². The Labute approximate surface area is 241 Å². The Morgan fingerprint density at radius 2 is 0.711 bits per heavy atom. The summed E-state index contributed by atoms with van der Waals surface area (Å²) < 4.78 is 57.1. The van der Waals surface area contributed by atoms with Gasteiger partial charge < -0.3 is 38.9 Å². The van der Waals surface area contributed by atoms with E-state index in [1.165, 1.54) is 0 Å². The molecule has 0 amide bonds. The van der Waals surface area contributed by atoms with Crippen LogP contribution in [0, 0.1) is 0 Å². The van der Waals surface area contributed by atoms with Crippen molar-refractivity contribution >= 4 is 52.1 Å². The Morgan fingerprint density at radius 1 is 0.447 bits per heavy atom. The third-order valence-electron chi connectivity index (χ3n) is 5.63. The van der Waals surface area contributed by atoms with Gasteiger partial charge in [-0.2, -0.15) is 0 Å². The van der Waals surface area contributed by atoms with Gasteiger partial charge in [0.1, 0.15) is 0 Å². The molecule has 0 fully saturated rings. The van der Waals surface area contributed by atoms with E-state index >= 15 is 0 Å². The molecule has 0 saturated carbocycles. The van der Waals surface area contributed by atoms with Crippen LogP contribution in [0.25, 0.3) is 0 Å². The molecule has 0 N–H and O–H groups in total. The molecule has 0 heterocycles. The number of hydrogen-bond donors (Lipinski definition) is 0. The normalized spacial score (nSPS) is 14.1. The zero-order chi connectivity index (χ0) is 29.5. The zero-order valence-electron chi connectivity index (χ0n) is 26.8. The maximum atomic E-state index is 6.95. The van der Waals surface area contributed by atoms with Gasteiger partial charge in [0.15, 0.2) is 25.7 Å². The van der Waals surface area contributed by atoms with Crippen molar-refractivity contribution in [2.75, 3.05) is 39.6 Å². The van der Waals surface area contributed by atoms with Crippen molar-refractivity contribution in [3.63, 3.8) is 0 Å². The number of hydrogen-bond acceptors (Lipinski definition) is 9. The summed E-state index contributed by atoms with van der Waals surface area (Å²) in [6.07, 6.45) is 0. The van der Waals surface area contributed by atoms with Crippen LogP contribution in [-0.2, 0) is 38.9 Å². The molecule has 15 heteroatoms.